The van der Waals surface area contributed by atoms with Crippen molar-refractivity contribution in [2.75, 3.05) is 23.3 Å². The molecule has 0 radical (unpaired) electrons. The highest BCUT2D eigenvalue weighted by Crippen LogP contribution is 2.20. The highest BCUT2D eigenvalue weighted by atomic mass is 16.1. The highest BCUT2D eigenvalue weighted by molar-refractivity contribution is 6.03. The van der Waals surface area contributed by atoms with Gasteiger partial charge >= 0.3 is 0 Å². The number of amides is 1. The molecule has 25 heavy (non-hydrogen) atoms. The molecule has 1 aromatic heterocycles. The molecule has 0 spiro atoms. The summed E-state index contributed by atoms with van der Waals surface area (Å²) < 4.78 is 0. The third-order valence-corrected chi connectivity index (χ3v) is 4.68. The lowest BCUT2D eigenvalue weighted by Crippen LogP contribution is -2.35. The van der Waals surface area contributed by atoms with Gasteiger partial charge in [0.1, 0.15) is 0 Å². The summed E-state index contributed by atoms with van der Waals surface area (Å²) >= 11 is 0. The molecule has 0 aliphatic carbocycles. The van der Waals surface area contributed by atoms with Gasteiger partial charge in [0, 0.05) is 31.2 Å². The first-order chi connectivity index (χ1) is 12.0. The number of hydrogen-bond donors (Lipinski definition) is 1. The van der Waals surface area contributed by atoms with Gasteiger partial charge in [0.15, 0.2) is 0 Å². The number of rotatable bonds is 4. The summed E-state index contributed by atoms with van der Waals surface area (Å²) in [6.45, 7) is 8.51. The van der Waals surface area contributed by atoms with Crippen LogP contribution in [0.4, 0.5) is 11.6 Å². The van der Waals surface area contributed by atoms with Crippen molar-refractivity contribution < 1.29 is 4.79 Å². The molecule has 0 bridgehead atoms. The third kappa shape index (κ3) is 4.35. The second-order valence-corrected chi connectivity index (χ2v) is 7.20. The summed E-state index contributed by atoms with van der Waals surface area (Å²) in [6, 6.07) is 7.93. The average molecular weight is 338 g/mol. The molecule has 5 heteroatoms. The van der Waals surface area contributed by atoms with E-state index >= 15 is 0 Å². The quantitative estimate of drug-likeness (QED) is 0.912. The molecule has 0 saturated carbocycles. The van der Waals surface area contributed by atoms with Crippen LogP contribution in [0.15, 0.2) is 36.7 Å². The van der Waals surface area contributed by atoms with Crippen LogP contribution in [0.5, 0.6) is 0 Å². The van der Waals surface area contributed by atoms with Crippen LogP contribution in [0.25, 0.3) is 0 Å². The largest absolute Gasteiger partial charge is 0.341 e. The Morgan fingerprint density at radius 1 is 1.20 bits per heavy atom. The normalized spacial score (nSPS) is 17.6. The predicted octanol–water partition coefficient (Wildman–Crippen LogP) is 4.09. The highest BCUT2D eigenvalue weighted by Gasteiger charge is 2.19. The predicted molar refractivity (Wildman–Crippen MR) is 101 cm³/mol. The number of benzene rings is 1. The molecule has 1 aliphatic rings. The number of carbonyl (C=O) groups is 1. The van der Waals surface area contributed by atoms with Gasteiger partial charge in [-0.3, -0.25) is 4.79 Å². The lowest BCUT2D eigenvalue weighted by Gasteiger charge is -2.30. The molecule has 1 N–H and O–H groups in total. The van der Waals surface area contributed by atoms with Gasteiger partial charge in [0.2, 0.25) is 5.95 Å². The van der Waals surface area contributed by atoms with Gasteiger partial charge in [-0.2, -0.15) is 0 Å². The first kappa shape index (κ1) is 17.4. The fourth-order valence-electron chi connectivity index (χ4n) is 3.13. The summed E-state index contributed by atoms with van der Waals surface area (Å²) in [6.07, 6.45) is 5.64. The van der Waals surface area contributed by atoms with E-state index in [9.17, 15) is 4.79 Å². The second-order valence-electron chi connectivity index (χ2n) is 7.20. The van der Waals surface area contributed by atoms with Crippen LogP contribution in [0.3, 0.4) is 0 Å². The Hall–Kier alpha value is -2.43. The number of anilines is 2. The standard InChI is InChI=1S/C20H26N4O/c1-14(2)16-6-8-18(9-7-16)23-19(25)17-11-21-20(22-12-17)24-10-4-5-15(3)13-24/h6-9,11-12,14-15H,4-5,10,13H2,1-3H3,(H,23,25). The van der Waals surface area contributed by atoms with Crippen LogP contribution >= 0.6 is 0 Å². The van der Waals surface area contributed by atoms with Crippen LogP contribution in [0, 0.1) is 5.92 Å². The zero-order valence-corrected chi connectivity index (χ0v) is 15.2. The maximum Gasteiger partial charge on any atom is 0.258 e. The summed E-state index contributed by atoms with van der Waals surface area (Å²) in [5, 5.41) is 2.90. The van der Waals surface area contributed by atoms with Gasteiger partial charge in [-0.05, 0) is 42.4 Å². The van der Waals surface area contributed by atoms with E-state index in [1.54, 1.807) is 12.4 Å². The summed E-state index contributed by atoms with van der Waals surface area (Å²) in [4.78, 5) is 23.3. The molecule has 132 valence electrons. The minimum absolute atomic E-state index is 0.184. The zero-order valence-electron chi connectivity index (χ0n) is 15.2. The monoisotopic (exact) mass is 338 g/mol. The van der Waals surface area contributed by atoms with Crippen molar-refractivity contribution >= 4 is 17.5 Å². The van der Waals surface area contributed by atoms with Crippen LogP contribution in [-0.2, 0) is 0 Å². The Morgan fingerprint density at radius 3 is 2.48 bits per heavy atom. The molecule has 1 unspecified atom stereocenters. The van der Waals surface area contributed by atoms with E-state index in [0.29, 0.717) is 23.3 Å². The number of piperidine rings is 1. The van der Waals surface area contributed by atoms with Gasteiger partial charge in [-0.1, -0.05) is 32.9 Å². The average Bonchev–Trinajstić information content (AvgIpc) is 2.62. The molecule has 5 nitrogen and oxygen atoms in total. The Kier molecular flexibility index (Phi) is 5.31. The van der Waals surface area contributed by atoms with Crippen molar-refractivity contribution in [3.8, 4) is 0 Å². The van der Waals surface area contributed by atoms with E-state index in [0.717, 1.165) is 18.8 Å². The molecule has 2 aromatic rings. The summed E-state index contributed by atoms with van der Waals surface area (Å²) in [7, 11) is 0. The Morgan fingerprint density at radius 2 is 1.88 bits per heavy atom. The van der Waals surface area contributed by atoms with Gasteiger partial charge in [0.25, 0.3) is 5.91 Å². The fraction of sp³-hybridized carbons (Fsp3) is 0.450. The SMILES string of the molecule is CC1CCCN(c2ncc(C(=O)Nc3ccc(C(C)C)cc3)cn2)C1. The lowest BCUT2D eigenvalue weighted by molar-refractivity contribution is 0.102. The molecule has 3 rings (SSSR count). The second kappa shape index (κ2) is 7.64. The van der Waals surface area contributed by atoms with E-state index in [4.69, 9.17) is 0 Å². The third-order valence-electron chi connectivity index (χ3n) is 4.68. The molecular formula is C20H26N4O. The van der Waals surface area contributed by atoms with Gasteiger partial charge in [-0.15, -0.1) is 0 Å². The van der Waals surface area contributed by atoms with Crippen LogP contribution in [0.1, 0.15) is 55.5 Å². The number of aromatic nitrogens is 2. The molecular weight excluding hydrogens is 312 g/mol. The van der Waals surface area contributed by atoms with Crippen LogP contribution in [0.2, 0.25) is 0 Å². The molecule has 1 aromatic carbocycles. The van der Waals surface area contributed by atoms with E-state index in [1.165, 1.54) is 18.4 Å². The van der Waals surface area contributed by atoms with Gasteiger partial charge in [-0.25, -0.2) is 9.97 Å². The molecule has 1 atom stereocenters. The summed E-state index contributed by atoms with van der Waals surface area (Å²) in [5.41, 5.74) is 2.51. The van der Waals surface area contributed by atoms with E-state index in [2.05, 4.69) is 41.0 Å². The minimum Gasteiger partial charge on any atom is -0.341 e. The molecule has 1 aliphatic heterocycles. The fourth-order valence-corrected chi connectivity index (χ4v) is 3.13. The van der Waals surface area contributed by atoms with E-state index < -0.39 is 0 Å². The van der Waals surface area contributed by atoms with E-state index in [1.807, 2.05) is 24.3 Å². The molecule has 1 saturated heterocycles. The number of nitrogens with zero attached hydrogens (tertiary/aromatic N) is 3. The Balaban J connectivity index is 1.64. The topological polar surface area (TPSA) is 58.1 Å². The minimum atomic E-state index is -0.184. The van der Waals surface area contributed by atoms with Crippen molar-refractivity contribution in [3.05, 3.63) is 47.8 Å². The number of hydrogen-bond acceptors (Lipinski definition) is 4. The smallest absolute Gasteiger partial charge is 0.258 e. The van der Waals surface area contributed by atoms with Gasteiger partial charge in [0.05, 0.1) is 5.56 Å². The first-order valence-corrected chi connectivity index (χ1v) is 9.01. The number of carbonyl (C=O) groups excluding carboxylic acids is 1. The molecule has 1 amide bonds. The van der Waals surface area contributed by atoms with Crippen molar-refractivity contribution in [3.63, 3.8) is 0 Å². The zero-order chi connectivity index (χ0) is 17.8. The maximum atomic E-state index is 12.4. The van der Waals surface area contributed by atoms with Crippen LogP contribution in [-0.4, -0.2) is 29.0 Å². The number of nitrogens with one attached hydrogen (secondary N) is 1. The van der Waals surface area contributed by atoms with Crippen molar-refractivity contribution in [1.82, 2.24) is 9.97 Å². The molecule has 2 heterocycles. The maximum absolute atomic E-state index is 12.4. The van der Waals surface area contributed by atoms with Crippen molar-refractivity contribution in [1.29, 1.82) is 0 Å². The van der Waals surface area contributed by atoms with E-state index in [-0.39, 0.29) is 5.91 Å². The lowest BCUT2D eigenvalue weighted by atomic mass is 10.0. The van der Waals surface area contributed by atoms with Crippen molar-refractivity contribution in [2.24, 2.45) is 5.92 Å². The van der Waals surface area contributed by atoms with Crippen LogP contribution < -0.4 is 10.2 Å². The Labute approximate surface area is 149 Å². The van der Waals surface area contributed by atoms with Crippen molar-refractivity contribution in [2.45, 2.75) is 39.5 Å². The first-order valence-electron chi connectivity index (χ1n) is 9.01. The Bertz CT molecular complexity index is 709. The summed E-state index contributed by atoms with van der Waals surface area (Å²) in [5.74, 6) is 1.66. The molecule has 1 fully saturated rings. The van der Waals surface area contributed by atoms with Gasteiger partial charge < -0.3 is 10.2 Å².